The molecule has 0 saturated heterocycles. The van der Waals surface area contributed by atoms with E-state index >= 15 is 0 Å². The van der Waals surface area contributed by atoms with E-state index in [1.54, 1.807) is 11.3 Å². The third-order valence-corrected chi connectivity index (χ3v) is 11.4. The molecule has 0 aliphatic heterocycles. The highest BCUT2D eigenvalue weighted by Crippen LogP contribution is 2.38. The van der Waals surface area contributed by atoms with Crippen LogP contribution in [-0.4, -0.2) is 21.2 Å². The fourth-order valence-electron chi connectivity index (χ4n) is 7.47. The van der Waals surface area contributed by atoms with E-state index < -0.39 is 0 Å². The third-order valence-electron chi connectivity index (χ3n) is 10.3. The molecule has 2 heterocycles. The predicted octanol–water partition coefficient (Wildman–Crippen LogP) is 12.2. The monoisotopic (exact) mass is 737 g/mol. The molecule has 0 aliphatic carbocycles. The van der Waals surface area contributed by atoms with Crippen LogP contribution in [0.2, 0.25) is 0 Å². The number of fused-ring (bicyclic) bond motifs is 5. The highest BCUT2D eigenvalue weighted by Gasteiger charge is 2.15. The molecule has 5 nitrogen and oxygen atoms in total. The van der Waals surface area contributed by atoms with Crippen molar-refractivity contribution in [2.75, 3.05) is 0 Å². The number of hydrogen-bond acceptors (Lipinski definition) is 3. The van der Waals surface area contributed by atoms with Gasteiger partial charge in [0, 0.05) is 33.2 Å². The van der Waals surface area contributed by atoms with Gasteiger partial charge in [0.15, 0.2) is 5.84 Å². The number of benzene rings is 8. The van der Waals surface area contributed by atoms with Crippen LogP contribution in [0.15, 0.2) is 198 Å². The minimum Gasteiger partial charge on any atom is -0.383 e. The maximum atomic E-state index is 6.40. The molecule has 266 valence electrons. The van der Waals surface area contributed by atoms with Crippen LogP contribution in [0.3, 0.4) is 0 Å². The summed E-state index contributed by atoms with van der Waals surface area (Å²) in [5.41, 5.74) is 17.3. The van der Waals surface area contributed by atoms with E-state index in [4.69, 9.17) is 20.7 Å². The second-order valence-electron chi connectivity index (χ2n) is 13.9. The molecule has 0 saturated carbocycles. The molecule has 10 rings (SSSR count). The van der Waals surface area contributed by atoms with Crippen LogP contribution in [0.4, 0.5) is 0 Å². The van der Waals surface area contributed by atoms with Gasteiger partial charge in [0.1, 0.15) is 10.8 Å². The first-order valence-electron chi connectivity index (χ1n) is 18.7. The molecule has 2 N–H and O–H groups in total. The standard InChI is InChI=1S/C50H35N5S/c51-48(35-11-3-1-4-12-35)54-49(36-13-5-2-6-14-36)52-32-33-19-21-34(22-20-33)37-23-24-39-30-41(27-25-38(39)29-37)55-45-17-9-7-15-42(45)43-31-40(26-28-46(43)55)50-53-44-16-8-10-18-47(44)56-50/h1-31H,32H2,(H2,51,52,54). The van der Waals surface area contributed by atoms with Crippen molar-refractivity contribution in [2.45, 2.75) is 6.54 Å². The molecule has 6 heteroatoms. The number of aromatic nitrogens is 2. The predicted molar refractivity (Wildman–Crippen MR) is 236 cm³/mol. The Morgan fingerprint density at radius 2 is 1.21 bits per heavy atom. The van der Waals surface area contributed by atoms with Crippen molar-refractivity contribution >= 4 is 65.8 Å². The van der Waals surface area contributed by atoms with Crippen molar-refractivity contribution in [3.63, 3.8) is 0 Å². The molecule has 56 heavy (non-hydrogen) atoms. The first-order valence-corrected chi connectivity index (χ1v) is 19.5. The Morgan fingerprint density at radius 3 is 2.04 bits per heavy atom. The number of amidine groups is 2. The molecule has 0 amide bonds. The summed E-state index contributed by atoms with van der Waals surface area (Å²) in [7, 11) is 0. The lowest BCUT2D eigenvalue weighted by Crippen LogP contribution is -2.16. The Hall–Kier alpha value is -7.15. The van der Waals surface area contributed by atoms with Gasteiger partial charge in [-0.05, 0) is 82.1 Å². The quantitative estimate of drug-likeness (QED) is 0.131. The summed E-state index contributed by atoms with van der Waals surface area (Å²) in [5.74, 6) is 1.05. The van der Waals surface area contributed by atoms with Crippen LogP contribution in [0.5, 0.6) is 0 Å². The molecule has 10 aromatic rings. The topological polar surface area (TPSA) is 68.6 Å². The summed E-state index contributed by atoms with van der Waals surface area (Å²) >= 11 is 1.74. The number of rotatable bonds is 7. The van der Waals surface area contributed by atoms with E-state index in [0.717, 1.165) is 44.0 Å². The highest BCUT2D eigenvalue weighted by atomic mass is 32.1. The molecule has 0 unspecified atom stereocenters. The highest BCUT2D eigenvalue weighted by molar-refractivity contribution is 7.21. The molecule has 0 spiro atoms. The van der Waals surface area contributed by atoms with Crippen molar-refractivity contribution < 1.29 is 0 Å². The molecule has 8 aromatic carbocycles. The summed E-state index contributed by atoms with van der Waals surface area (Å²) in [6.07, 6.45) is 0. The number of nitrogens with zero attached hydrogens (tertiary/aromatic N) is 4. The SMILES string of the molecule is NC(=NC(=NCc1ccc(-c2ccc3cc(-n4c5ccccc5c5cc(-c6nc7ccccc7s6)ccc54)ccc3c2)cc1)c1ccccc1)c1ccccc1. The van der Waals surface area contributed by atoms with Gasteiger partial charge in [0.25, 0.3) is 0 Å². The average Bonchev–Trinajstić information content (AvgIpc) is 3.85. The lowest BCUT2D eigenvalue weighted by atomic mass is 10.00. The summed E-state index contributed by atoms with van der Waals surface area (Å²) in [4.78, 5) is 14.6. The Balaban J connectivity index is 0.934. The Bertz CT molecular complexity index is 3070. The maximum Gasteiger partial charge on any atom is 0.157 e. The molecule has 0 bridgehead atoms. The number of thiazole rings is 1. The van der Waals surface area contributed by atoms with Crippen molar-refractivity contribution in [1.29, 1.82) is 0 Å². The number of aliphatic imine (C=N–C) groups is 2. The van der Waals surface area contributed by atoms with Gasteiger partial charge in [-0.15, -0.1) is 11.3 Å². The smallest absolute Gasteiger partial charge is 0.157 e. The van der Waals surface area contributed by atoms with Gasteiger partial charge in [-0.25, -0.2) is 9.98 Å². The largest absolute Gasteiger partial charge is 0.383 e. The third kappa shape index (κ3) is 6.32. The normalized spacial score (nSPS) is 12.3. The van der Waals surface area contributed by atoms with Crippen molar-refractivity contribution in [3.8, 4) is 27.4 Å². The summed E-state index contributed by atoms with van der Waals surface area (Å²) < 4.78 is 3.59. The van der Waals surface area contributed by atoms with E-state index in [9.17, 15) is 0 Å². The Labute approximate surface area is 328 Å². The second kappa shape index (κ2) is 14.3. The summed E-state index contributed by atoms with van der Waals surface area (Å²) in [6.45, 7) is 0.489. The minimum absolute atomic E-state index is 0.442. The maximum absolute atomic E-state index is 6.40. The van der Waals surface area contributed by atoms with Gasteiger partial charge in [0.2, 0.25) is 0 Å². The van der Waals surface area contributed by atoms with E-state index in [-0.39, 0.29) is 0 Å². The van der Waals surface area contributed by atoms with E-state index in [2.05, 4.69) is 126 Å². The number of nitrogens with two attached hydrogens (primary N) is 1. The molecular weight excluding hydrogens is 703 g/mol. The summed E-state index contributed by atoms with van der Waals surface area (Å²) in [5, 5.41) is 5.89. The second-order valence-corrected chi connectivity index (χ2v) is 14.9. The Kier molecular flexibility index (Phi) is 8.50. The van der Waals surface area contributed by atoms with E-state index in [0.29, 0.717) is 18.2 Å². The molecule has 0 aliphatic rings. The molecule has 2 aromatic heterocycles. The van der Waals surface area contributed by atoms with Gasteiger partial charge >= 0.3 is 0 Å². The van der Waals surface area contributed by atoms with Crippen molar-refractivity contribution in [3.05, 3.63) is 205 Å². The zero-order valence-corrected chi connectivity index (χ0v) is 31.2. The van der Waals surface area contributed by atoms with Crippen LogP contribution in [0.1, 0.15) is 16.7 Å². The zero-order chi connectivity index (χ0) is 37.4. The average molecular weight is 738 g/mol. The van der Waals surface area contributed by atoms with Crippen molar-refractivity contribution in [2.24, 2.45) is 15.7 Å². The molecular formula is C50H35N5S. The number of para-hydroxylation sites is 2. The molecule has 0 atom stereocenters. The fraction of sp³-hybridized carbons (Fsp3) is 0.0200. The van der Waals surface area contributed by atoms with Crippen LogP contribution < -0.4 is 5.73 Å². The minimum atomic E-state index is 0.442. The molecule has 0 fully saturated rings. The van der Waals surface area contributed by atoms with Gasteiger partial charge in [0.05, 0.1) is 27.8 Å². The first-order chi connectivity index (χ1) is 27.6. The fourth-order valence-corrected chi connectivity index (χ4v) is 8.43. The van der Waals surface area contributed by atoms with Crippen LogP contribution >= 0.6 is 11.3 Å². The zero-order valence-electron chi connectivity index (χ0n) is 30.4. The van der Waals surface area contributed by atoms with Crippen LogP contribution in [0, 0.1) is 0 Å². The van der Waals surface area contributed by atoms with Gasteiger partial charge < -0.3 is 10.3 Å². The van der Waals surface area contributed by atoms with E-state index in [1.165, 1.54) is 42.8 Å². The first kappa shape index (κ1) is 33.4. The lowest BCUT2D eigenvalue weighted by molar-refractivity contribution is 1.06. The molecule has 0 radical (unpaired) electrons. The van der Waals surface area contributed by atoms with Crippen LogP contribution in [-0.2, 0) is 6.54 Å². The van der Waals surface area contributed by atoms with E-state index in [1.807, 2.05) is 66.7 Å². The van der Waals surface area contributed by atoms with Gasteiger partial charge in [-0.3, -0.25) is 4.99 Å². The Morgan fingerprint density at radius 1 is 0.554 bits per heavy atom. The van der Waals surface area contributed by atoms with Gasteiger partial charge in [-0.2, -0.15) is 0 Å². The van der Waals surface area contributed by atoms with Crippen LogP contribution in [0.25, 0.3) is 70.2 Å². The summed E-state index contributed by atoms with van der Waals surface area (Å²) in [6, 6.07) is 65.7. The lowest BCUT2D eigenvalue weighted by Gasteiger charge is -2.11. The van der Waals surface area contributed by atoms with Crippen molar-refractivity contribution in [1.82, 2.24) is 9.55 Å². The number of hydrogen-bond donors (Lipinski definition) is 1. The van der Waals surface area contributed by atoms with Gasteiger partial charge in [-0.1, -0.05) is 133 Å².